The Morgan fingerprint density at radius 3 is 2.19 bits per heavy atom. The summed E-state index contributed by atoms with van der Waals surface area (Å²) >= 11 is 0. The van der Waals surface area contributed by atoms with Gasteiger partial charge in [-0.05, 0) is 61.6 Å². The zero-order chi connectivity index (χ0) is 30.8. The highest BCUT2D eigenvalue weighted by Crippen LogP contribution is 2.22. The third kappa shape index (κ3) is 9.64. The molecule has 1 unspecified atom stereocenters. The lowest BCUT2D eigenvalue weighted by Gasteiger charge is -2.34. The van der Waals surface area contributed by atoms with Gasteiger partial charge in [0.15, 0.2) is 0 Å². The molecule has 0 heterocycles. The maximum absolute atomic E-state index is 14.0. The van der Waals surface area contributed by atoms with Gasteiger partial charge in [0.2, 0.25) is 21.8 Å². The number of anilines is 1. The largest absolute Gasteiger partial charge is 0.352 e. The third-order valence-electron chi connectivity index (χ3n) is 7.96. The summed E-state index contributed by atoms with van der Waals surface area (Å²) in [6.45, 7) is 2.18. The van der Waals surface area contributed by atoms with E-state index in [9.17, 15) is 22.4 Å². The van der Waals surface area contributed by atoms with Crippen molar-refractivity contribution in [3.63, 3.8) is 0 Å². The van der Waals surface area contributed by atoms with Crippen molar-refractivity contribution in [2.75, 3.05) is 17.1 Å². The van der Waals surface area contributed by atoms with E-state index in [-0.39, 0.29) is 49.6 Å². The summed E-state index contributed by atoms with van der Waals surface area (Å²) in [5.41, 5.74) is 3.18. The van der Waals surface area contributed by atoms with Crippen molar-refractivity contribution < 1.29 is 22.4 Å². The highest BCUT2D eigenvalue weighted by molar-refractivity contribution is 7.92. The molecule has 3 aromatic rings. The Morgan fingerprint density at radius 2 is 1.56 bits per heavy atom. The highest BCUT2D eigenvalue weighted by Gasteiger charge is 2.32. The summed E-state index contributed by atoms with van der Waals surface area (Å²) in [6.07, 6.45) is 6.89. The Labute approximate surface area is 255 Å². The van der Waals surface area contributed by atoms with Crippen LogP contribution in [0.1, 0.15) is 61.6 Å². The van der Waals surface area contributed by atoms with Gasteiger partial charge in [-0.3, -0.25) is 13.9 Å². The van der Waals surface area contributed by atoms with Gasteiger partial charge in [-0.2, -0.15) is 0 Å². The van der Waals surface area contributed by atoms with Gasteiger partial charge in [0, 0.05) is 32.0 Å². The molecule has 0 saturated heterocycles. The van der Waals surface area contributed by atoms with Gasteiger partial charge in [0.1, 0.15) is 11.9 Å². The van der Waals surface area contributed by atoms with Gasteiger partial charge in [-0.1, -0.05) is 79.4 Å². The summed E-state index contributed by atoms with van der Waals surface area (Å²) in [6, 6.07) is 22.0. The number of hydrogen-bond donors (Lipinski definition) is 1. The molecular weight excluding hydrogens is 565 g/mol. The number of nitrogens with zero attached hydrogens (tertiary/aromatic N) is 2. The number of carbonyl (C=O) groups is 2. The lowest BCUT2D eigenvalue weighted by molar-refractivity contribution is -0.141. The molecule has 0 aromatic heterocycles. The maximum Gasteiger partial charge on any atom is 0.243 e. The van der Waals surface area contributed by atoms with Crippen LogP contribution in [0, 0.1) is 12.7 Å². The van der Waals surface area contributed by atoms with Crippen LogP contribution >= 0.6 is 0 Å². The van der Waals surface area contributed by atoms with Crippen molar-refractivity contribution in [3.8, 4) is 0 Å². The molecular formula is C34H42FN3O4S. The minimum absolute atomic E-state index is 0.0427. The van der Waals surface area contributed by atoms with Crippen LogP contribution in [0.25, 0.3) is 0 Å². The lowest BCUT2D eigenvalue weighted by atomic mass is 9.94. The van der Waals surface area contributed by atoms with E-state index < -0.39 is 16.1 Å². The van der Waals surface area contributed by atoms with Gasteiger partial charge < -0.3 is 10.2 Å². The second-order valence-electron chi connectivity index (χ2n) is 11.5. The molecule has 230 valence electrons. The summed E-state index contributed by atoms with van der Waals surface area (Å²) in [4.78, 5) is 29.4. The second-order valence-corrected chi connectivity index (χ2v) is 13.4. The summed E-state index contributed by atoms with van der Waals surface area (Å²) in [5.74, 6) is -0.848. The van der Waals surface area contributed by atoms with E-state index in [4.69, 9.17) is 0 Å². The molecule has 1 atom stereocenters. The SMILES string of the molecule is Cc1ccc(N(CCCC(=O)N(Cc2ccc(F)cc2)C(Cc2ccccc2)C(=O)NC2CCCCC2)S(C)(=O)=O)cc1. The van der Waals surface area contributed by atoms with Gasteiger partial charge in [0.25, 0.3) is 0 Å². The lowest BCUT2D eigenvalue weighted by Crippen LogP contribution is -2.52. The fraction of sp³-hybridized carbons (Fsp3) is 0.412. The van der Waals surface area contributed by atoms with Crippen molar-refractivity contribution in [1.29, 1.82) is 0 Å². The van der Waals surface area contributed by atoms with Crippen LogP contribution in [-0.2, 0) is 32.6 Å². The molecule has 1 N–H and O–H groups in total. The number of aryl methyl sites for hydroxylation is 1. The minimum atomic E-state index is -3.58. The first kappa shape index (κ1) is 32.2. The zero-order valence-corrected chi connectivity index (χ0v) is 25.9. The first-order chi connectivity index (χ1) is 20.6. The molecule has 0 aliphatic heterocycles. The molecule has 9 heteroatoms. The van der Waals surface area contributed by atoms with E-state index in [0.717, 1.165) is 49.5 Å². The maximum atomic E-state index is 14.0. The summed E-state index contributed by atoms with van der Waals surface area (Å²) in [7, 11) is -3.58. The van der Waals surface area contributed by atoms with E-state index in [1.165, 1.54) is 16.4 Å². The average Bonchev–Trinajstić information content (AvgIpc) is 2.99. The van der Waals surface area contributed by atoms with E-state index in [0.29, 0.717) is 17.7 Å². The molecule has 1 fully saturated rings. The third-order valence-corrected chi connectivity index (χ3v) is 9.16. The van der Waals surface area contributed by atoms with Crippen molar-refractivity contribution in [2.24, 2.45) is 0 Å². The number of rotatable bonds is 13. The van der Waals surface area contributed by atoms with Gasteiger partial charge in [-0.15, -0.1) is 0 Å². The molecule has 1 saturated carbocycles. The van der Waals surface area contributed by atoms with Crippen LogP contribution in [-0.4, -0.2) is 50.0 Å². The van der Waals surface area contributed by atoms with Crippen LogP contribution < -0.4 is 9.62 Å². The Balaban J connectivity index is 1.58. The van der Waals surface area contributed by atoms with Crippen molar-refractivity contribution in [2.45, 2.75) is 76.9 Å². The molecule has 2 amide bonds. The molecule has 3 aromatic carbocycles. The van der Waals surface area contributed by atoms with E-state index in [1.807, 2.05) is 49.4 Å². The fourth-order valence-corrected chi connectivity index (χ4v) is 6.57. The Hall–Kier alpha value is -3.72. The number of amides is 2. The van der Waals surface area contributed by atoms with Gasteiger partial charge >= 0.3 is 0 Å². The molecule has 0 radical (unpaired) electrons. The molecule has 7 nitrogen and oxygen atoms in total. The normalized spacial score (nSPS) is 14.6. The number of sulfonamides is 1. The van der Waals surface area contributed by atoms with E-state index in [2.05, 4.69) is 5.32 Å². The zero-order valence-electron chi connectivity index (χ0n) is 25.0. The number of halogens is 1. The molecule has 1 aliphatic carbocycles. The first-order valence-corrected chi connectivity index (χ1v) is 16.9. The Bertz CT molecular complexity index is 1440. The summed E-state index contributed by atoms with van der Waals surface area (Å²) < 4.78 is 40.3. The highest BCUT2D eigenvalue weighted by atomic mass is 32.2. The van der Waals surface area contributed by atoms with E-state index >= 15 is 0 Å². The van der Waals surface area contributed by atoms with Crippen LogP contribution in [0.15, 0.2) is 78.9 Å². The van der Waals surface area contributed by atoms with Crippen molar-refractivity contribution >= 4 is 27.5 Å². The predicted octanol–water partition coefficient (Wildman–Crippen LogP) is 5.77. The topological polar surface area (TPSA) is 86.8 Å². The van der Waals surface area contributed by atoms with Gasteiger partial charge in [-0.25, -0.2) is 12.8 Å². The smallest absolute Gasteiger partial charge is 0.243 e. The fourth-order valence-electron chi connectivity index (χ4n) is 5.60. The van der Waals surface area contributed by atoms with Crippen LogP contribution in [0.2, 0.25) is 0 Å². The number of nitrogens with one attached hydrogen (secondary N) is 1. The quantitative estimate of drug-likeness (QED) is 0.267. The van der Waals surface area contributed by atoms with Crippen molar-refractivity contribution in [1.82, 2.24) is 10.2 Å². The number of carbonyl (C=O) groups excluding carboxylic acids is 2. The monoisotopic (exact) mass is 607 g/mol. The molecule has 43 heavy (non-hydrogen) atoms. The van der Waals surface area contributed by atoms with Crippen LogP contribution in [0.4, 0.5) is 10.1 Å². The molecule has 0 bridgehead atoms. The average molecular weight is 608 g/mol. The first-order valence-electron chi connectivity index (χ1n) is 15.0. The number of hydrogen-bond acceptors (Lipinski definition) is 4. The molecule has 1 aliphatic rings. The number of benzene rings is 3. The van der Waals surface area contributed by atoms with Crippen LogP contribution in [0.5, 0.6) is 0 Å². The van der Waals surface area contributed by atoms with Gasteiger partial charge in [0.05, 0.1) is 11.9 Å². The Kier molecular flexibility index (Phi) is 11.3. The minimum Gasteiger partial charge on any atom is -0.352 e. The van der Waals surface area contributed by atoms with Crippen molar-refractivity contribution in [3.05, 3.63) is 101 Å². The second kappa shape index (κ2) is 15.1. The standard InChI is InChI=1S/C34H42FN3O4S/c1-26-15-21-31(22-16-26)38(43(2,41)42)23-9-14-33(39)37(25-28-17-19-29(35)20-18-28)32(24-27-10-5-3-6-11-27)34(40)36-30-12-7-4-8-13-30/h3,5-6,10-11,15-22,30,32H,4,7-9,12-14,23-25H2,1-2H3,(H,36,40). The van der Waals surface area contributed by atoms with Crippen LogP contribution in [0.3, 0.4) is 0 Å². The molecule has 0 spiro atoms. The molecule has 4 rings (SSSR count). The van der Waals surface area contributed by atoms with E-state index in [1.54, 1.807) is 29.2 Å². The Morgan fingerprint density at radius 1 is 0.907 bits per heavy atom. The predicted molar refractivity (Wildman–Crippen MR) is 169 cm³/mol. The summed E-state index contributed by atoms with van der Waals surface area (Å²) in [5, 5.41) is 3.21.